The van der Waals surface area contributed by atoms with Gasteiger partial charge in [0.15, 0.2) is 0 Å². The van der Waals surface area contributed by atoms with E-state index >= 15 is 0 Å². The highest BCUT2D eigenvalue weighted by Crippen LogP contribution is 2.15. The number of piperidine rings is 1. The van der Waals surface area contributed by atoms with Crippen molar-refractivity contribution in [1.29, 1.82) is 0 Å². The first-order valence-electron chi connectivity index (χ1n) is 7.94. The van der Waals surface area contributed by atoms with Crippen LogP contribution in [0.4, 0.5) is 5.82 Å². The molecule has 2 aromatic heterocycles. The van der Waals surface area contributed by atoms with E-state index in [2.05, 4.69) is 20.4 Å². The largest absolute Gasteiger partial charge is 0.358 e. The number of amides is 1. The lowest BCUT2D eigenvalue weighted by molar-refractivity contribution is -0.132. The Labute approximate surface area is 129 Å². The minimum Gasteiger partial charge on any atom is -0.358 e. The second kappa shape index (κ2) is 6.29. The van der Waals surface area contributed by atoms with Gasteiger partial charge in [-0.25, -0.2) is 4.98 Å². The fourth-order valence-corrected chi connectivity index (χ4v) is 2.82. The topological polar surface area (TPSA) is 75.4 Å². The monoisotopic (exact) mass is 302 g/mol. The van der Waals surface area contributed by atoms with E-state index < -0.39 is 0 Å². The summed E-state index contributed by atoms with van der Waals surface area (Å²) >= 11 is 0. The number of nitrogens with one attached hydrogen (secondary N) is 1. The summed E-state index contributed by atoms with van der Waals surface area (Å²) in [5.74, 6) is 1.46. The number of carbonyl (C=O) groups is 1. The summed E-state index contributed by atoms with van der Waals surface area (Å²) in [5.41, 5.74) is 0.931. The average molecular weight is 302 g/mol. The van der Waals surface area contributed by atoms with Crippen LogP contribution in [0.25, 0.3) is 5.78 Å². The first kappa shape index (κ1) is 14.7. The zero-order chi connectivity index (χ0) is 15.5. The van der Waals surface area contributed by atoms with E-state index in [0.29, 0.717) is 5.78 Å². The Hall–Kier alpha value is -2.18. The van der Waals surface area contributed by atoms with Gasteiger partial charge in [-0.15, -0.1) is 0 Å². The van der Waals surface area contributed by atoms with E-state index in [0.717, 1.165) is 43.9 Å². The van der Waals surface area contributed by atoms with Gasteiger partial charge in [-0.3, -0.25) is 4.79 Å². The summed E-state index contributed by atoms with van der Waals surface area (Å²) in [5, 5.41) is 7.45. The standard InChI is InChI=1S/C15H22N6O/c1-3-12-9-13(21-15(19-12)16-10-17-21)18-11(2)14(22)20-7-5-4-6-8-20/h9-11,18H,3-8H2,1-2H3/t11-/m0/s1. The van der Waals surface area contributed by atoms with Crippen molar-refractivity contribution in [2.75, 3.05) is 18.4 Å². The number of carbonyl (C=O) groups excluding carboxylic acids is 1. The zero-order valence-electron chi connectivity index (χ0n) is 13.1. The molecule has 3 rings (SSSR count). The molecule has 2 aromatic rings. The van der Waals surface area contributed by atoms with Gasteiger partial charge in [0, 0.05) is 24.8 Å². The second-order valence-corrected chi connectivity index (χ2v) is 5.71. The lowest BCUT2D eigenvalue weighted by Crippen LogP contribution is -2.44. The summed E-state index contributed by atoms with van der Waals surface area (Å²) in [4.78, 5) is 23.0. The molecule has 118 valence electrons. The third kappa shape index (κ3) is 2.88. The molecule has 1 fully saturated rings. The molecule has 22 heavy (non-hydrogen) atoms. The van der Waals surface area contributed by atoms with Gasteiger partial charge in [-0.2, -0.15) is 14.6 Å². The van der Waals surface area contributed by atoms with Gasteiger partial charge in [-0.05, 0) is 32.6 Å². The third-order valence-electron chi connectivity index (χ3n) is 4.07. The molecule has 0 spiro atoms. The average Bonchev–Trinajstić information content (AvgIpc) is 3.03. The molecule has 7 heteroatoms. The number of rotatable bonds is 4. The van der Waals surface area contributed by atoms with Crippen molar-refractivity contribution in [2.45, 2.75) is 45.6 Å². The Morgan fingerprint density at radius 3 is 2.86 bits per heavy atom. The molecule has 1 aliphatic heterocycles. The van der Waals surface area contributed by atoms with Gasteiger partial charge < -0.3 is 10.2 Å². The molecule has 1 amide bonds. The molecule has 0 aromatic carbocycles. The van der Waals surface area contributed by atoms with Gasteiger partial charge in [0.1, 0.15) is 18.2 Å². The van der Waals surface area contributed by atoms with Gasteiger partial charge in [0.05, 0.1) is 0 Å². The predicted octanol–water partition coefficient (Wildman–Crippen LogP) is 1.50. The van der Waals surface area contributed by atoms with Crippen LogP contribution in [0.3, 0.4) is 0 Å². The van der Waals surface area contributed by atoms with E-state index in [1.54, 1.807) is 4.52 Å². The molecule has 0 saturated carbocycles. The quantitative estimate of drug-likeness (QED) is 0.926. The maximum atomic E-state index is 12.5. The van der Waals surface area contributed by atoms with Crippen LogP contribution in [-0.4, -0.2) is 49.5 Å². The molecule has 1 N–H and O–H groups in total. The SMILES string of the molecule is CCc1cc(N[C@@H](C)C(=O)N2CCCCC2)n2ncnc2n1. The number of hydrogen-bond acceptors (Lipinski definition) is 5. The smallest absolute Gasteiger partial charge is 0.254 e. The summed E-state index contributed by atoms with van der Waals surface area (Å²) in [6.45, 7) is 5.66. The molecular formula is C15H22N6O. The fraction of sp³-hybridized carbons (Fsp3) is 0.600. The lowest BCUT2D eigenvalue weighted by atomic mass is 10.1. The number of aromatic nitrogens is 4. The lowest BCUT2D eigenvalue weighted by Gasteiger charge is -2.29. The van der Waals surface area contributed by atoms with Gasteiger partial charge in [-0.1, -0.05) is 6.92 Å². The predicted molar refractivity (Wildman–Crippen MR) is 83.7 cm³/mol. The van der Waals surface area contributed by atoms with Crippen molar-refractivity contribution >= 4 is 17.5 Å². The second-order valence-electron chi connectivity index (χ2n) is 5.71. The van der Waals surface area contributed by atoms with Crippen molar-refractivity contribution in [3.05, 3.63) is 18.1 Å². The Morgan fingerprint density at radius 1 is 1.36 bits per heavy atom. The van der Waals surface area contributed by atoms with E-state index in [-0.39, 0.29) is 11.9 Å². The number of nitrogens with zero attached hydrogens (tertiary/aromatic N) is 5. The minimum absolute atomic E-state index is 0.142. The van der Waals surface area contributed by atoms with Crippen LogP contribution >= 0.6 is 0 Å². The molecule has 3 heterocycles. The first-order valence-corrected chi connectivity index (χ1v) is 7.94. The molecular weight excluding hydrogens is 280 g/mol. The molecule has 0 bridgehead atoms. The van der Waals surface area contributed by atoms with Gasteiger partial charge in [0.2, 0.25) is 5.91 Å². The van der Waals surface area contributed by atoms with Crippen LogP contribution in [0, 0.1) is 0 Å². The molecule has 1 saturated heterocycles. The highest BCUT2D eigenvalue weighted by atomic mass is 16.2. The Bertz CT molecular complexity index is 661. The van der Waals surface area contributed by atoms with Crippen LogP contribution in [0.2, 0.25) is 0 Å². The van der Waals surface area contributed by atoms with Crippen molar-refractivity contribution in [1.82, 2.24) is 24.5 Å². The van der Waals surface area contributed by atoms with Crippen LogP contribution in [0.5, 0.6) is 0 Å². The highest BCUT2D eigenvalue weighted by molar-refractivity contribution is 5.84. The Kier molecular flexibility index (Phi) is 4.22. The van der Waals surface area contributed by atoms with Crippen LogP contribution < -0.4 is 5.32 Å². The highest BCUT2D eigenvalue weighted by Gasteiger charge is 2.23. The molecule has 0 aliphatic carbocycles. The van der Waals surface area contributed by atoms with Crippen LogP contribution in [0.15, 0.2) is 12.4 Å². The maximum Gasteiger partial charge on any atom is 0.254 e. The Morgan fingerprint density at radius 2 is 2.14 bits per heavy atom. The summed E-state index contributed by atoms with van der Waals surface area (Å²) in [7, 11) is 0. The third-order valence-corrected chi connectivity index (χ3v) is 4.07. The number of fused-ring (bicyclic) bond motifs is 1. The molecule has 7 nitrogen and oxygen atoms in total. The van der Waals surface area contributed by atoms with E-state index in [1.165, 1.54) is 12.7 Å². The van der Waals surface area contributed by atoms with Gasteiger partial charge >= 0.3 is 0 Å². The van der Waals surface area contributed by atoms with Crippen molar-refractivity contribution in [3.63, 3.8) is 0 Å². The zero-order valence-corrected chi connectivity index (χ0v) is 13.1. The minimum atomic E-state index is -0.294. The van der Waals surface area contributed by atoms with E-state index in [9.17, 15) is 4.79 Å². The van der Waals surface area contributed by atoms with Gasteiger partial charge in [0.25, 0.3) is 5.78 Å². The number of likely N-dealkylation sites (tertiary alicyclic amines) is 1. The molecule has 0 unspecified atom stereocenters. The maximum absolute atomic E-state index is 12.5. The summed E-state index contributed by atoms with van der Waals surface area (Å²) in [6, 6.07) is 1.64. The summed E-state index contributed by atoms with van der Waals surface area (Å²) in [6.07, 6.45) is 5.70. The van der Waals surface area contributed by atoms with Crippen molar-refractivity contribution in [2.24, 2.45) is 0 Å². The van der Waals surface area contributed by atoms with Crippen molar-refractivity contribution in [3.8, 4) is 0 Å². The van der Waals surface area contributed by atoms with Crippen molar-refractivity contribution < 1.29 is 4.79 Å². The normalized spacial score (nSPS) is 16.7. The number of anilines is 1. The fourth-order valence-electron chi connectivity index (χ4n) is 2.82. The molecule has 1 atom stereocenters. The van der Waals surface area contributed by atoms with Crippen LogP contribution in [-0.2, 0) is 11.2 Å². The molecule has 1 aliphatic rings. The van der Waals surface area contributed by atoms with Crippen LogP contribution in [0.1, 0.15) is 38.8 Å². The molecule has 0 radical (unpaired) electrons. The van der Waals surface area contributed by atoms with E-state index in [1.807, 2.05) is 24.8 Å². The summed E-state index contributed by atoms with van der Waals surface area (Å²) < 4.78 is 1.64. The first-order chi connectivity index (χ1) is 10.7. The van der Waals surface area contributed by atoms with E-state index in [4.69, 9.17) is 0 Å². The Balaban J connectivity index is 1.79. The number of aryl methyl sites for hydroxylation is 1. The number of hydrogen-bond donors (Lipinski definition) is 1.